The van der Waals surface area contributed by atoms with Gasteiger partial charge in [0.25, 0.3) is 11.8 Å². The fourth-order valence-electron chi connectivity index (χ4n) is 4.08. The Morgan fingerprint density at radius 3 is 2.23 bits per heavy atom. The standard InChI is InChI=1S/C24H24FN3O3/c1-16(29)26-20-10-6-18(7-11-20)21-22(27-13-2-3-14-27)24(31)28(23(21)30)15-12-17-4-8-19(25)9-5-17/h4-11H,2-3,12-15H2,1H3,(H,26,29). The van der Waals surface area contributed by atoms with E-state index in [4.69, 9.17) is 0 Å². The van der Waals surface area contributed by atoms with E-state index in [1.165, 1.54) is 24.0 Å². The Kier molecular flexibility index (Phi) is 5.84. The topological polar surface area (TPSA) is 69.7 Å². The van der Waals surface area contributed by atoms with E-state index in [1.54, 1.807) is 36.4 Å². The number of halogens is 1. The van der Waals surface area contributed by atoms with Gasteiger partial charge in [-0.05, 0) is 54.7 Å². The minimum atomic E-state index is -0.319. The lowest BCUT2D eigenvalue weighted by molar-refractivity contribution is -0.137. The van der Waals surface area contributed by atoms with Gasteiger partial charge in [0.15, 0.2) is 0 Å². The van der Waals surface area contributed by atoms with Gasteiger partial charge in [-0.2, -0.15) is 0 Å². The van der Waals surface area contributed by atoms with E-state index >= 15 is 0 Å². The van der Waals surface area contributed by atoms with Crippen LogP contribution < -0.4 is 5.32 Å². The molecule has 7 heteroatoms. The zero-order chi connectivity index (χ0) is 22.0. The molecule has 160 valence electrons. The van der Waals surface area contributed by atoms with Gasteiger partial charge in [-0.25, -0.2) is 4.39 Å². The molecule has 1 fully saturated rings. The van der Waals surface area contributed by atoms with Crippen LogP contribution in [-0.2, 0) is 20.8 Å². The number of carbonyl (C=O) groups is 3. The van der Waals surface area contributed by atoms with E-state index in [-0.39, 0.29) is 30.1 Å². The Labute approximate surface area is 180 Å². The SMILES string of the molecule is CC(=O)Nc1ccc(C2=C(N3CCCC3)C(=O)N(CCc3ccc(F)cc3)C2=O)cc1. The van der Waals surface area contributed by atoms with Gasteiger partial charge in [0.2, 0.25) is 5.91 Å². The van der Waals surface area contributed by atoms with Gasteiger partial charge >= 0.3 is 0 Å². The maximum Gasteiger partial charge on any atom is 0.277 e. The monoisotopic (exact) mass is 421 g/mol. The number of hydrogen-bond donors (Lipinski definition) is 1. The van der Waals surface area contributed by atoms with Crippen LogP contribution in [0.2, 0.25) is 0 Å². The molecule has 0 aromatic heterocycles. The molecule has 2 aliphatic rings. The van der Waals surface area contributed by atoms with Crippen LogP contribution in [0.3, 0.4) is 0 Å². The average Bonchev–Trinajstić information content (AvgIpc) is 3.35. The number of hydrogen-bond acceptors (Lipinski definition) is 4. The number of anilines is 1. The Bertz CT molecular complexity index is 1040. The zero-order valence-electron chi connectivity index (χ0n) is 17.4. The highest BCUT2D eigenvalue weighted by atomic mass is 19.1. The number of amides is 3. The highest BCUT2D eigenvalue weighted by molar-refractivity contribution is 6.35. The molecule has 6 nitrogen and oxygen atoms in total. The van der Waals surface area contributed by atoms with Crippen molar-refractivity contribution in [3.63, 3.8) is 0 Å². The highest BCUT2D eigenvalue weighted by Gasteiger charge is 2.41. The second-order valence-electron chi connectivity index (χ2n) is 7.81. The second kappa shape index (κ2) is 8.71. The predicted octanol–water partition coefficient (Wildman–Crippen LogP) is 3.20. The van der Waals surface area contributed by atoms with Crippen molar-refractivity contribution >= 4 is 29.0 Å². The third kappa shape index (κ3) is 4.35. The molecule has 0 saturated carbocycles. The molecule has 31 heavy (non-hydrogen) atoms. The molecule has 2 aliphatic heterocycles. The highest BCUT2D eigenvalue weighted by Crippen LogP contribution is 2.34. The Morgan fingerprint density at radius 2 is 1.61 bits per heavy atom. The summed E-state index contributed by atoms with van der Waals surface area (Å²) in [6.07, 6.45) is 2.42. The lowest BCUT2D eigenvalue weighted by Gasteiger charge is -2.20. The molecule has 2 aromatic carbocycles. The summed E-state index contributed by atoms with van der Waals surface area (Å²) in [5, 5.41) is 2.71. The molecule has 0 atom stereocenters. The molecule has 1 N–H and O–H groups in total. The van der Waals surface area contributed by atoms with Crippen molar-refractivity contribution in [2.24, 2.45) is 0 Å². The van der Waals surface area contributed by atoms with Gasteiger partial charge < -0.3 is 10.2 Å². The number of nitrogens with one attached hydrogen (secondary N) is 1. The summed E-state index contributed by atoms with van der Waals surface area (Å²) < 4.78 is 13.2. The van der Waals surface area contributed by atoms with Gasteiger partial charge in [-0.1, -0.05) is 24.3 Å². The van der Waals surface area contributed by atoms with Crippen LogP contribution in [0.15, 0.2) is 54.2 Å². The van der Waals surface area contributed by atoms with E-state index < -0.39 is 0 Å². The molecule has 0 radical (unpaired) electrons. The first-order chi connectivity index (χ1) is 14.9. The molecular formula is C24H24FN3O3. The van der Waals surface area contributed by atoms with Gasteiger partial charge in [0, 0.05) is 32.2 Å². The van der Waals surface area contributed by atoms with Crippen molar-refractivity contribution in [1.82, 2.24) is 9.80 Å². The molecule has 0 unspecified atom stereocenters. The zero-order valence-corrected chi connectivity index (χ0v) is 17.4. The van der Waals surface area contributed by atoms with Crippen LogP contribution in [0.4, 0.5) is 10.1 Å². The summed E-state index contributed by atoms with van der Waals surface area (Å²) in [4.78, 5) is 41.1. The summed E-state index contributed by atoms with van der Waals surface area (Å²) in [6.45, 7) is 3.15. The molecular weight excluding hydrogens is 397 g/mol. The fourth-order valence-corrected chi connectivity index (χ4v) is 4.08. The van der Waals surface area contributed by atoms with Gasteiger partial charge in [0.05, 0.1) is 5.57 Å². The number of carbonyl (C=O) groups excluding carboxylic acids is 3. The van der Waals surface area contributed by atoms with Crippen molar-refractivity contribution in [3.8, 4) is 0 Å². The van der Waals surface area contributed by atoms with Crippen LogP contribution >= 0.6 is 0 Å². The number of likely N-dealkylation sites (tertiary alicyclic amines) is 1. The van der Waals surface area contributed by atoms with Crippen LogP contribution in [0.1, 0.15) is 30.9 Å². The molecule has 4 rings (SSSR count). The van der Waals surface area contributed by atoms with E-state index in [9.17, 15) is 18.8 Å². The minimum absolute atomic E-state index is 0.177. The molecule has 2 aromatic rings. The molecule has 2 heterocycles. The normalized spacial score (nSPS) is 16.5. The van der Waals surface area contributed by atoms with Crippen LogP contribution in [0.5, 0.6) is 0 Å². The largest absolute Gasteiger partial charge is 0.366 e. The first-order valence-corrected chi connectivity index (χ1v) is 10.4. The van der Waals surface area contributed by atoms with Crippen LogP contribution in [0, 0.1) is 5.82 Å². The summed E-state index contributed by atoms with van der Waals surface area (Å²) in [5.41, 5.74) is 3.00. The molecule has 3 amide bonds. The van der Waals surface area contributed by atoms with Crippen molar-refractivity contribution < 1.29 is 18.8 Å². The smallest absolute Gasteiger partial charge is 0.277 e. The summed E-state index contributed by atoms with van der Waals surface area (Å²) in [5.74, 6) is -1.10. The quantitative estimate of drug-likeness (QED) is 0.728. The average molecular weight is 421 g/mol. The number of imide groups is 1. The van der Waals surface area contributed by atoms with Gasteiger partial charge in [-0.3, -0.25) is 19.3 Å². The van der Waals surface area contributed by atoms with Crippen molar-refractivity contribution in [3.05, 3.63) is 71.2 Å². The number of benzene rings is 2. The maximum atomic E-state index is 13.3. The van der Waals surface area contributed by atoms with Crippen molar-refractivity contribution in [2.75, 3.05) is 25.0 Å². The maximum absolute atomic E-state index is 13.3. The predicted molar refractivity (Wildman–Crippen MR) is 115 cm³/mol. The lowest BCUT2D eigenvalue weighted by Crippen LogP contribution is -2.36. The molecule has 1 saturated heterocycles. The number of nitrogens with zero attached hydrogens (tertiary/aromatic N) is 2. The van der Waals surface area contributed by atoms with Gasteiger partial charge in [0.1, 0.15) is 11.5 Å². The second-order valence-corrected chi connectivity index (χ2v) is 7.81. The van der Waals surface area contributed by atoms with Gasteiger partial charge in [-0.15, -0.1) is 0 Å². The van der Waals surface area contributed by atoms with Crippen LogP contribution in [-0.4, -0.2) is 47.2 Å². The van der Waals surface area contributed by atoms with E-state index in [2.05, 4.69) is 5.32 Å². The summed E-state index contributed by atoms with van der Waals surface area (Å²) >= 11 is 0. The molecule has 0 bridgehead atoms. The lowest BCUT2D eigenvalue weighted by atomic mass is 10.0. The summed E-state index contributed by atoms with van der Waals surface area (Å²) in [7, 11) is 0. The third-order valence-electron chi connectivity index (χ3n) is 5.60. The van der Waals surface area contributed by atoms with Crippen LogP contribution in [0.25, 0.3) is 5.57 Å². The van der Waals surface area contributed by atoms with E-state index in [0.29, 0.717) is 28.9 Å². The molecule has 0 spiro atoms. The Morgan fingerprint density at radius 1 is 0.968 bits per heavy atom. The van der Waals surface area contributed by atoms with E-state index in [0.717, 1.165) is 31.5 Å². The fraction of sp³-hybridized carbons (Fsp3) is 0.292. The first kappa shape index (κ1) is 20.8. The van der Waals surface area contributed by atoms with Crippen molar-refractivity contribution in [2.45, 2.75) is 26.2 Å². The molecule has 0 aliphatic carbocycles. The first-order valence-electron chi connectivity index (χ1n) is 10.4. The van der Waals surface area contributed by atoms with E-state index in [1.807, 2.05) is 4.90 Å². The third-order valence-corrected chi connectivity index (χ3v) is 5.60. The van der Waals surface area contributed by atoms with Crippen molar-refractivity contribution in [1.29, 1.82) is 0 Å². The Balaban J connectivity index is 1.61. The summed E-state index contributed by atoms with van der Waals surface area (Å²) in [6, 6.07) is 13.0. The minimum Gasteiger partial charge on any atom is -0.366 e. The Hall–Kier alpha value is -3.48. The number of rotatable bonds is 6.